The molecule has 1 N–H and O–H groups in total. The standard InChI is InChI=1S/C24H31N3O3S/c1-30-21-9-4-19(5-10-21)6-13-24(29)27-15-3-14-26(16-17-27)18-23(28)25-20-7-11-22(31-2)12-8-20/h4-5,7-12H,3,6,13-18H2,1-2H3,(H,25,28). The molecule has 3 rings (SSSR count). The highest BCUT2D eigenvalue weighted by molar-refractivity contribution is 7.98. The lowest BCUT2D eigenvalue weighted by molar-refractivity contribution is -0.131. The quantitative estimate of drug-likeness (QED) is 0.635. The number of ether oxygens (including phenoxy) is 1. The molecular weight excluding hydrogens is 410 g/mol. The Kier molecular flexibility index (Phi) is 8.79. The first-order chi connectivity index (χ1) is 15.1. The van der Waals surface area contributed by atoms with Crippen molar-refractivity contribution >= 4 is 29.3 Å². The predicted octanol–water partition coefficient (Wildman–Crippen LogP) is 3.52. The molecule has 166 valence electrons. The van der Waals surface area contributed by atoms with E-state index in [4.69, 9.17) is 4.74 Å². The number of methoxy groups -OCH3 is 1. The highest BCUT2D eigenvalue weighted by Gasteiger charge is 2.20. The Labute approximate surface area is 188 Å². The van der Waals surface area contributed by atoms with Crippen LogP contribution in [0.25, 0.3) is 0 Å². The Hall–Kier alpha value is -2.51. The summed E-state index contributed by atoms with van der Waals surface area (Å²) in [6, 6.07) is 15.7. The SMILES string of the molecule is COc1ccc(CCC(=O)N2CCCN(CC(=O)Nc3ccc(SC)cc3)CC2)cc1. The van der Waals surface area contributed by atoms with Gasteiger partial charge in [-0.2, -0.15) is 0 Å². The average molecular weight is 442 g/mol. The van der Waals surface area contributed by atoms with Gasteiger partial charge >= 0.3 is 0 Å². The van der Waals surface area contributed by atoms with Crippen LogP contribution >= 0.6 is 11.8 Å². The monoisotopic (exact) mass is 441 g/mol. The van der Waals surface area contributed by atoms with Crippen LogP contribution in [0.2, 0.25) is 0 Å². The molecule has 2 amide bonds. The Bertz CT molecular complexity index is 855. The topological polar surface area (TPSA) is 61.9 Å². The van der Waals surface area contributed by atoms with Crippen molar-refractivity contribution in [3.8, 4) is 5.75 Å². The summed E-state index contributed by atoms with van der Waals surface area (Å²) in [5, 5.41) is 2.96. The fraction of sp³-hybridized carbons (Fsp3) is 0.417. The number of amides is 2. The summed E-state index contributed by atoms with van der Waals surface area (Å²) in [7, 11) is 1.65. The molecule has 2 aromatic carbocycles. The van der Waals surface area contributed by atoms with E-state index in [0.29, 0.717) is 26.1 Å². The average Bonchev–Trinajstić information content (AvgIpc) is 3.04. The number of thioether (sulfide) groups is 1. The van der Waals surface area contributed by atoms with Gasteiger partial charge in [0.15, 0.2) is 0 Å². The zero-order chi connectivity index (χ0) is 22.1. The van der Waals surface area contributed by atoms with Gasteiger partial charge in [0.05, 0.1) is 13.7 Å². The van der Waals surface area contributed by atoms with Gasteiger partial charge in [-0.15, -0.1) is 11.8 Å². The maximum Gasteiger partial charge on any atom is 0.238 e. The van der Waals surface area contributed by atoms with Crippen molar-refractivity contribution in [3.05, 3.63) is 54.1 Å². The summed E-state index contributed by atoms with van der Waals surface area (Å²) in [5.41, 5.74) is 1.95. The van der Waals surface area contributed by atoms with Crippen LogP contribution in [0.4, 0.5) is 5.69 Å². The Balaban J connectivity index is 1.42. The normalized spacial score (nSPS) is 14.7. The molecule has 0 aliphatic carbocycles. The molecule has 0 unspecified atom stereocenters. The van der Waals surface area contributed by atoms with Crippen molar-refractivity contribution < 1.29 is 14.3 Å². The number of carbonyl (C=O) groups excluding carboxylic acids is 2. The van der Waals surface area contributed by atoms with Gasteiger partial charge in [-0.25, -0.2) is 0 Å². The summed E-state index contributed by atoms with van der Waals surface area (Å²) in [4.78, 5) is 30.3. The zero-order valence-corrected chi connectivity index (χ0v) is 19.1. The summed E-state index contributed by atoms with van der Waals surface area (Å²) >= 11 is 1.67. The van der Waals surface area contributed by atoms with Crippen LogP contribution < -0.4 is 10.1 Å². The fourth-order valence-electron chi connectivity index (χ4n) is 3.66. The number of carbonyl (C=O) groups is 2. The number of benzene rings is 2. The van der Waals surface area contributed by atoms with Crippen molar-refractivity contribution in [3.63, 3.8) is 0 Å². The molecule has 0 atom stereocenters. The fourth-order valence-corrected chi connectivity index (χ4v) is 4.07. The highest BCUT2D eigenvalue weighted by Crippen LogP contribution is 2.17. The van der Waals surface area contributed by atoms with Gasteiger partial charge in [-0.3, -0.25) is 14.5 Å². The van der Waals surface area contributed by atoms with Crippen molar-refractivity contribution in [2.45, 2.75) is 24.2 Å². The van der Waals surface area contributed by atoms with E-state index in [1.165, 1.54) is 4.90 Å². The highest BCUT2D eigenvalue weighted by atomic mass is 32.2. The van der Waals surface area contributed by atoms with Crippen molar-refractivity contribution in [2.24, 2.45) is 0 Å². The molecule has 0 saturated carbocycles. The largest absolute Gasteiger partial charge is 0.497 e. The van der Waals surface area contributed by atoms with Gasteiger partial charge < -0.3 is 15.0 Å². The minimum Gasteiger partial charge on any atom is -0.497 e. The Morgan fingerprint density at radius 1 is 1.00 bits per heavy atom. The molecule has 0 aromatic heterocycles. The van der Waals surface area contributed by atoms with Gasteiger partial charge in [0.2, 0.25) is 11.8 Å². The molecule has 1 heterocycles. The number of rotatable bonds is 8. The third-order valence-electron chi connectivity index (χ3n) is 5.47. The minimum absolute atomic E-state index is 0.0174. The molecule has 6 nitrogen and oxygen atoms in total. The number of hydrogen-bond donors (Lipinski definition) is 1. The number of aryl methyl sites for hydroxylation is 1. The lowest BCUT2D eigenvalue weighted by Gasteiger charge is -2.22. The van der Waals surface area contributed by atoms with E-state index in [-0.39, 0.29) is 11.8 Å². The molecule has 1 aliphatic heterocycles. The van der Waals surface area contributed by atoms with Gasteiger partial charge in [-0.05, 0) is 61.1 Å². The van der Waals surface area contributed by atoms with E-state index in [1.54, 1.807) is 18.9 Å². The van der Waals surface area contributed by atoms with Crippen LogP contribution in [0.1, 0.15) is 18.4 Å². The summed E-state index contributed by atoms with van der Waals surface area (Å²) in [5.74, 6) is 0.982. The van der Waals surface area contributed by atoms with E-state index in [9.17, 15) is 9.59 Å². The zero-order valence-electron chi connectivity index (χ0n) is 18.3. The molecule has 1 saturated heterocycles. The van der Waals surface area contributed by atoms with Gasteiger partial charge in [0.1, 0.15) is 5.75 Å². The molecule has 31 heavy (non-hydrogen) atoms. The molecule has 1 aliphatic rings. The molecule has 0 spiro atoms. The summed E-state index contributed by atoms with van der Waals surface area (Å²) in [6.45, 7) is 3.29. The number of nitrogens with zero attached hydrogens (tertiary/aromatic N) is 2. The third-order valence-corrected chi connectivity index (χ3v) is 6.21. The van der Waals surface area contributed by atoms with Gasteiger partial charge in [-0.1, -0.05) is 12.1 Å². The predicted molar refractivity (Wildman–Crippen MR) is 126 cm³/mol. The van der Waals surface area contributed by atoms with E-state index in [0.717, 1.165) is 42.9 Å². The first-order valence-electron chi connectivity index (χ1n) is 10.6. The smallest absolute Gasteiger partial charge is 0.238 e. The lowest BCUT2D eigenvalue weighted by Crippen LogP contribution is -2.38. The summed E-state index contributed by atoms with van der Waals surface area (Å²) < 4.78 is 5.17. The number of hydrogen-bond acceptors (Lipinski definition) is 5. The second kappa shape index (κ2) is 11.8. The molecule has 2 aromatic rings. The Morgan fingerprint density at radius 3 is 2.42 bits per heavy atom. The number of anilines is 1. The Morgan fingerprint density at radius 2 is 1.74 bits per heavy atom. The van der Waals surface area contributed by atoms with Crippen LogP contribution in [0.15, 0.2) is 53.4 Å². The van der Waals surface area contributed by atoms with E-state index >= 15 is 0 Å². The van der Waals surface area contributed by atoms with Crippen molar-refractivity contribution in [2.75, 3.05) is 51.4 Å². The molecule has 1 fully saturated rings. The second-order valence-electron chi connectivity index (χ2n) is 7.64. The van der Waals surface area contributed by atoms with Crippen LogP contribution in [0.3, 0.4) is 0 Å². The van der Waals surface area contributed by atoms with Crippen molar-refractivity contribution in [1.82, 2.24) is 9.80 Å². The van der Waals surface area contributed by atoms with Gasteiger partial charge in [0.25, 0.3) is 0 Å². The van der Waals surface area contributed by atoms with E-state index < -0.39 is 0 Å². The molecule has 0 bridgehead atoms. The first kappa shape index (κ1) is 23.2. The third kappa shape index (κ3) is 7.29. The van der Waals surface area contributed by atoms with Crippen LogP contribution in [-0.4, -0.2) is 67.7 Å². The van der Waals surface area contributed by atoms with E-state index in [2.05, 4.69) is 10.2 Å². The van der Waals surface area contributed by atoms with Crippen molar-refractivity contribution in [1.29, 1.82) is 0 Å². The maximum atomic E-state index is 12.7. The molecule has 7 heteroatoms. The minimum atomic E-state index is -0.0174. The first-order valence-corrected chi connectivity index (χ1v) is 11.9. The molecule has 0 radical (unpaired) electrons. The van der Waals surface area contributed by atoms with Crippen LogP contribution in [-0.2, 0) is 16.0 Å². The second-order valence-corrected chi connectivity index (χ2v) is 8.51. The van der Waals surface area contributed by atoms with E-state index in [1.807, 2.05) is 59.7 Å². The van der Waals surface area contributed by atoms with Crippen LogP contribution in [0.5, 0.6) is 5.75 Å². The maximum absolute atomic E-state index is 12.7. The lowest BCUT2D eigenvalue weighted by atomic mass is 10.1. The summed E-state index contributed by atoms with van der Waals surface area (Å²) in [6.07, 6.45) is 4.13. The van der Waals surface area contributed by atoms with Gasteiger partial charge in [0, 0.05) is 43.2 Å². The molecular formula is C24H31N3O3S. The number of nitrogens with one attached hydrogen (secondary N) is 1. The van der Waals surface area contributed by atoms with Crippen LogP contribution in [0, 0.1) is 0 Å².